The number of nitrogens with one attached hydrogen (secondary N) is 1. The summed E-state index contributed by atoms with van der Waals surface area (Å²) in [5.41, 5.74) is 1.81. The number of rotatable bonds is 3. The van der Waals surface area contributed by atoms with Crippen molar-refractivity contribution in [1.82, 2.24) is 5.32 Å². The summed E-state index contributed by atoms with van der Waals surface area (Å²) >= 11 is 0. The first kappa shape index (κ1) is 12.9. The molecule has 0 saturated heterocycles. The third kappa shape index (κ3) is 2.65. The number of nitrogens with zero attached hydrogens (tertiary/aromatic N) is 1. The molecular formula is C14H11FN2O2. The molecule has 0 spiro atoms. The predicted molar refractivity (Wildman–Crippen MR) is 70.7 cm³/mol. The van der Waals surface area contributed by atoms with E-state index in [1.54, 1.807) is 18.2 Å². The van der Waals surface area contributed by atoms with Gasteiger partial charge in [-0.25, -0.2) is 4.39 Å². The van der Waals surface area contributed by atoms with Gasteiger partial charge >= 0.3 is 0 Å². The minimum absolute atomic E-state index is 0.171. The molecule has 5 heteroatoms. The molecule has 1 N–H and O–H groups in total. The molecule has 0 atom stereocenters. The van der Waals surface area contributed by atoms with Gasteiger partial charge in [-0.2, -0.15) is 0 Å². The predicted octanol–water partition coefficient (Wildman–Crippen LogP) is 3.25. The highest BCUT2D eigenvalue weighted by Gasteiger charge is 2.13. The van der Waals surface area contributed by atoms with Crippen LogP contribution in [0.1, 0.15) is 10.4 Å². The second-order valence-electron chi connectivity index (χ2n) is 3.91. The maximum absolute atomic E-state index is 12.9. The van der Waals surface area contributed by atoms with E-state index in [1.807, 2.05) is 0 Å². The van der Waals surface area contributed by atoms with E-state index in [-0.39, 0.29) is 17.4 Å². The van der Waals surface area contributed by atoms with Crippen molar-refractivity contribution in [1.29, 1.82) is 0 Å². The molecule has 0 heterocycles. The first-order valence-corrected chi connectivity index (χ1v) is 5.61. The van der Waals surface area contributed by atoms with E-state index in [4.69, 9.17) is 0 Å². The quantitative estimate of drug-likeness (QED) is 0.859. The van der Waals surface area contributed by atoms with Crippen LogP contribution in [0.25, 0.3) is 11.1 Å². The molecule has 0 saturated carbocycles. The Morgan fingerprint density at radius 3 is 2.42 bits per heavy atom. The Hall–Kier alpha value is -2.56. The standard InChI is InChI=1S/C14H11FN2O2/c1-16-14(18)13-8-11(17-19)6-7-12(13)9-2-4-10(15)5-3-9/h2-8H,1H3,(H,16,18). The Morgan fingerprint density at radius 2 is 1.84 bits per heavy atom. The van der Waals surface area contributed by atoms with Crippen molar-refractivity contribution in [2.45, 2.75) is 0 Å². The molecule has 0 aromatic heterocycles. The van der Waals surface area contributed by atoms with Crippen LogP contribution in [0.4, 0.5) is 10.1 Å². The first-order valence-electron chi connectivity index (χ1n) is 5.61. The molecule has 2 rings (SSSR count). The van der Waals surface area contributed by atoms with Crippen molar-refractivity contribution in [2.75, 3.05) is 7.05 Å². The molecule has 2 aromatic rings. The van der Waals surface area contributed by atoms with Crippen LogP contribution in [-0.2, 0) is 0 Å². The number of hydrogen-bond acceptors (Lipinski definition) is 3. The summed E-state index contributed by atoms with van der Waals surface area (Å²) in [6.07, 6.45) is 0. The fourth-order valence-corrected chi connectivity index (χ4v) is 1.79. The number of carbonyl (C=O) groups is 1. The van der Waals surface area contributed by atoms with Crippen molar-refractivity contribution in [2.24, 2.45) is 5.18 Å². The van der Waals surface area contributed by atoms with E-state index >= 15 is 0 Å². The van der Waals surface area contributed by atoms with Crippen LogP contribution in [0, 0.1) is 10.7 Å². The Bertz CT molecular complexity index is 624. The van der Waals surface area contributed by atoms with E-state index in [2.05, 4.69) is 10.5 Å². The van der Waals surface area contributed by atoms with Crippen LogP contribution in [0.2, 0.25) is 0 Å². The number of halogens is 1. The lowest BCUT2D eigenvalue weighted by atomic mass is 9.98. The van der Waals surface area contributed by atoms with E-state index in [1.165, 1.54) is 31.3 Å². The molecule has 1 amide bonds. The van der Waals surface area contributed by atoms with Crippen LogP contribution in [-0.4, -0.2) is 13.0 Å². The molecule has 0 aliphatic rings. The van der Waals surface area contributed by atoms with E-state index < -0.39 is 0 Å². The highest BCUT2D eigenvalue weighted by molar-refractivity contribution is 6.01. The summed E-state index contributed by atoms with van der Waals surface area (Å²) < 4.78 is 12.9. The van der Waals surface area contributed by atoms with Gasteiger partial charge in [0.25, 0.3) is 5.91 Å². The lowest BCUT2D eigenvalue weighted by Gasteiger charge is -2.09. The van der Waals surface area contributed by atoms with Gasteiger partial charge in [0.1, 0.15) is 11.5 Å². The normalized spacial score (nSPS) is 10.0. The minimum Gasteiger partial charge on any atom is -0.355 e. The topological polar surface area (TPSA) is 58.5 Å². The van der Waals surface area contributed by atoms with Gasteiger partial charge < -0.3 is 5.32 Å². The SMILES string of the molecule is CNC(=O)c1cc(N=O)ccc1-c1ccc(F)cc1. The van der Waals surface area contributed by atoms with Crippen molar-refractivity contribution in [3.05, 3.63) is 58.8 Å². The second-order valence-corrected chi connectivity index (χ2v) is 3.91. The lowest BCUT2D eigenvalue weighted by molar-refractivity contribution is 0.0964. The van der Waals surface area contributed by atoms with Gasteiger partial charge in [-0.1, -0.05) is 18.2 Å². The third-order valence-electron chi connectivity index (χ3n) is 2.74. The van der Waals surface area contributed by atoms with Crippen molar-refractivity contribution < 1.29 is 9.18 Å². The maximum Gasteiger partial charge on any atom is 0.251 e. The zero-order valence-corrected chi connectivity index (χ0v) is 10.2. The molecule has 0 fully saturated rings. The molecule has 0 bridgehead atoms. The average molecular weight is 258 g/mol. The largest absolute Gasteiger partial charge is 0.355 e. The van der Waals surface area contributed by atoms with Crippen LogP contribution in [0.15, 0.2) is 47.6 Å². The minimum atomic E-state index is -0.351. The van der Waals surface area contributed by atoms with Crippen LogP contribution in [0.5, 0.6) is 0 Å². The average Bonchev–Trinajstić information content (AvgIpc) is 2.46. The maximum atomic E-state index is 12.9. The molecular weight excluding hydrogens is 247 g/mol. The van der Waals surface area contributed by atoms with E-state index in [9.17, 15) is 14.1 Å². The van der Waals surface area contributed by atoms with Gasteiger partial charge in [-0.05, 0) is 40.6 Å². The van der Waals surface area contributed by atoms with Gasteiger partial charge in [0.05, 0.1) is 0 Å². The van der Waals surface area contributed by atoms with Gasteiger partial charge in [-0.3, -0.25) is 4.79 Å². The Balaban J connectivity index is 2.58. The molecule has 4 nitrogen and oxygen atoms in total. The van der Waals surface area contributed by atoms with Crippen molar-refractivity contribution in [3.63, 3.8) is 0 Å². The van der Waals surface area contributed by atoms with Gasteiger partial charge in [-0.15, -0.1) is 4.91 Å². The fourth-order valence-electron chi connectivity index (χ4n) is 1.79. The van der Waals surface area contributed by atoms with Crippen molar-refractivity contribution in [3.8, 4) is 11.1 Å². The van der Waals surface area contributed by atoms with Crippen LogP contribution in [0.3, 0.4) is 0 Å². The molecule has 0 aliphatic carbocycles. The Morgan fingerprint density at radius 1 is 1.16 bits per heavy atom. The van der Waals surface area contributed by atoms with E-state index in [0.29, 0.717) is 16.7 Å². The third-order valence-corrected chi connectivity index (χ3v) is 2.74. The van der Waals surface area contributed by atoms with E-state index in [0.717, 1.165) is 0 Å². The zero-order chi connectivity index (χ0) is 13.8. The Labute approximate surface area is 109 Å². The number of benzene rings is 2. The molecule has 0 unspecified atom stereocenters. The number of amides is 1. The van der Waals surface area contributed by atoms with Gasteiger partial charge in [0.15, 0.2) is 0 Å². The summed E-state index contributed by atoms with van der Waals surface area (Å²) in [6.45, 7) is 0. The fraction of sp³-hybridized carbons (Fsp3) is 0.0714. The number of nitroso groups, excluding NO2 is 1. The molecule has 0 radical (unpaired) electrons. The second kappa shape index (κ2) is 5.39. The summed E-state index contributed by atoms with van der Waals surface area (Å²) in [5, 5.41) is 5.30. The summed E-state index contributed by atoms with van der Waals surface area (Å²) in [6, 6.07) is 10.3. The van der Waals surface area contributed by atoms with Gasteiger partial charge in [0, 0.05) is 12.6 Å². The summed E-state index contributed by atoms with van der Waals surface area (Å²) in [7, 11) is 1.50. The highest BCUT2D eigenvalue weighted by Crippen LogP contribution is 2.27. The van der Waals surface area contributed by atoms with Gasteiger partial charge in [0.2, 0.25) is 0 Å². The smallest absolute Gasteiger partial charge is 0.251 e. The number of hydrogen-bond donors (Lipinski definition) is 1. The van der Waals surface area contributed by atoms with Crippen molar-refractivity contribution >= 4 is 11.6 Å². The monoisotopic (exact) mass is 258 g/mol. The lowest BCUT2D eigenvalue weighted by Crippen LogP contribution is -2.18. The Kier molecular flexibility index (Phi) is 3.66. The number of carbonyl (C=O) groups excluding carboxylic acids is 1. The highest BCUT2D eigenvalue weighted by atomic mass is 19.1. The first-order chi connectivity index (χ1) is 9.15. The molecule has 19 heavy (non-hydrogen) atoms. The summed E-state index contributed by atoms with van der Waals surface area (Å²) in [5.74, 6) is -0.679. The molecule has 96 valence electrons. The zero-order valence-electron chi connectivity index (χ0n) is 10.2. The van der Waals surface area contributed by atoms with Crippen LogP contribution < -0.4 is 5.32 Å². The van der Waals surface area contributed by atoms with Crippen LogP contribution >= 0.6 is 0 Å². The molecule has 2 aromatic carbocycles. The summed E-state index contributed by atoms with van der Waals surface area (Å²) in [4.78, 5) is 22.3. The molecule has 0 aliphatic heterocycles.